The Bertz CT molecular complexity index is 504. The second kappa shape index (κ2) is 6.65. The van der Waals surface area contributed by atoms with E-state index in [4.69, 9.17) is 0 Å². The first kappa shape index (κ1) is 15.4. The quantitative estimate of drug-likeness (QED) is 0.902. The van der Waals surface area contributed by atoms with Gasteiger partial charge in [0.25, 0.3) is 0 Å². The molecular weight excluding hydrogens is 268 g/mol. The molecule has 1 aliphatic heterocycles. The van der Waals surface area contributed by atoms with Crippen LogP contribution >= 0.6 is 0 Å². The van der Waals surface area contributed by atoms with Crippen molar-refractivity contribution < 1.29 is 9.59 Å². The van der Waals surface area contributed by atoms with Gasteiger partial charge in [0.05, 0.1) is 6.54 Å². The summed E-state index contributed by atoms with van der Waals surface area (Å²) in [5.74, 6) is 0.810. The summed E-state index contributed by atoms with van der Waals surface area (Å²) in [5, 5.41) is 2.84. The Morgan fingerprint density at radius 1 is 1.33 bits per heavy atom. The van der Waals surface area contributed by atoms with E-state index in [-0.39, 0.29) is 17.9 Å². The van der Waals surface area contributed by atoms with Crippen LogP contribution in [0.3, 0.4) is 0 Å². The summed E-state index contributed by atoms with van der Waals surface area (Å²) in [6, 6.07) is 1.13. The molecule has 1 aliphatic rings. The maximum Gasteiger partial charge on any atom is 0.245 e. The number of nitrogens with zero attached hydrogens (tertiary/aromatic N) is 3. The molecule has 2 unspecified atom stereocenters. The van der Waals surface area contributed by atoms with Crippen LogP contribution in [0, 0.1) is 5.92 Å². The second-order valence-corrected chi connectivity index (χ2v) is 5.93. The zero-order valence-corrected chi connectivity index (χ0v) is 12.7. The van der Waals surface area contributed by atoms with E-state index in [1.54, 1.807) is 23.4 Å². The third-order valence-electron chi connectivity index (χ3n) is 3.57. The topological polar surface area (TPSA) is 75.2 Å². The third kappa shape index (κ3) is 4.00. The Kier molecular flexibility index (Phi) is 4.88. The first-order chi connectivity index (χ1) is 9.97. The molecule has 2 amide bonds. The van der Waals surface area contributed by atoms with Gasteiger partial charge in [-0.3, -0.25) is 9.59 Å². The average Bonchev–Trinajstić information content (AvgIpc) is 2.51. The van der Waals surface area contributed by atoms with E-state index >= 15 is 0 Å². The van der Waals surface area contributed by atoms with Crippen LogP contribution in [0.15, 0.2) is 18.5 Å². The van der Waals surface area contributed by atoms with E-state index in [1.165, 1.54) is 0 Å². The fourth-order valence-electron chi connectivity index (χ4n) is 2.54. The van der Waals surface area contributed by atoms with Gasteiger partial charge in [-0.1, -0.05) is 13.8 Å². The summed E-state index contributed by atoms with van der Waals surface area (Å²) < 4.78 is 0. The summed E-state index contributed by atoms with van der Waals surface area (Å²) in [6.45, 7) is 6.30. The number of amides is 2. The molecule has 1 saturated heterocycles. The van der Waals surface area contributed by atoms with Crippen molar-refractivity contribution in [2.24, 2.45) is 5.92 Å². The lowest BCUT2D eigenvalue weighted by molar-refractivity contribution is -0.136. The number of carbonyl (C=O) groups excluding carboxylic acids is 2. The molecule has 1 fully saturated rings. The largest absolute Gasteiger partial charge is 0.344 e. The van der Waals surface area contributed by atoms with Crippen LogP contribution in [0.25, 0.3) is 0 Å². The Morgan fingerprint density at radius 3 is 2.62 bits per heavy atom. The predicted octanol–water partition coefficient (Wildman–Crippen LogP) is 1.13. The fraction of sp³-hybridized carbons (Fsp3) is 0.600. The zero-order valence-electron chi connectivity index (χ0n) is 12.7. The van der Waals surface area contributed by atoms with Gasteiger partial charge in [0.1, 0.15) is 11.9 Å². The minimum absolute atomic E-state index is 0.0468. The Morgan fingerprint density at radius 2 is 2.00 bits per heavy atom. The normalized spacial score (nSPS) is 23.1. The second-order valence-electron chi connectivity index (χ2n) is 5.93. The number of rotatable bonds is 4. The maximum atomic E-state index is 12.7. The van der Waals surface area contributed by atoms with E-state index in [1.807, 2.05) is 20.8 Å². The van der Waals surface area contributed by atoms with Crippen LogP contribution in [0.4, 0.5) is 0 Å². The Labute approximate surface area is 125 Å². The van der Waals surface area contributed by atoms with E-state index in [0.29, 0.717) is 31.1 Å². The molecule has 6 heteroatoms. The highest BCUT2D eigenvalue weighted by Crippen LogP contribution is 2.17. The molecule has 0 radical (unpaired) electrons. The van der Waals surface area contributed by atoms with E-state index in [0.717, 1.165) is 0 Å². The minimum Gasteiger partial charge on any atom is -0.344 e. The molecule has 1 aromatic heterocycles. The molecule has 6 nitrogen and oxygen atoms in total. The van der Waals surface area contributed by atoms with Crippen LogP contribution in [-0.2, 0) is 16.1 Å². The van der Waals surface area contributed by atoms with Crippen LogP contribution in [-0.4, -0.2) is 38.8 Å². The van der Waals surface area contributed by atoms with Gasteiger partial charge < -0.3 is 10.2 Å². The molecule has 114 valence electrons. The molecule has 21 heavy (non-hydrogen) atoms. The van der Waals surface area contributed by atoms with Crippen molar-refractivity contribution >= 4 is 11.8 Å². The standard InChI is InChI=1S/C15H22N4O2/c1-10(2)7-12-15(21)19(11(3)8-14(20)18-12)9-13-16-5-4-6-17-13/h4-6,10-12H,7-9H2,1-3H3,(H,18,20). The lowest BCUT2D eigenvalue weighted by Crippen LogP contribution is -2.46. The number of nitrogens with one attached hydrogen (secondary N) is 1. The van der Waals surface area contributed by atoms with E-state index in [2.05, 4.69) is 15.3 Å². The molecule has 2 heterocycles. The molecule has 1 N–H and O–H groups in total. The summed E-state index contributed by atoms with van der Waals surface area (Å²) in [4.78, 5) is 34.6. The zero-order chi connectivity index (χ0) is 15.4. The molecule has 1 aromatic rings. The maximum absolute atomic E-state index is 12.7. The van der Waals surface area contributed by atoms with Crippen LogP contribution in [0.2, 0.25) is 0 Å². The van der Waals surface area contributed by atoms with E-state index < -0.39 is 6.04 Å². The van der Waals surface area contributed by atoms with Crippen molar-refractivity contribution in [3.05, 3.63) is 24.3 Å². The summed E-state index contributed by atoms with van der Waals surface area (Å²) in [7, 11) is 0. The lowest BCUT2D eigenvalue weighted by Gasteiger charge is -2.28. The lowest BCUT2D eigenvalue weighted by atomic mass is 10.0. The van der Waals surface area contributed by atoms with Crippen molar-refractivity contribution in [3.63, 3.8) is 0 Å². The van der Waals surface area contributed by atoms with Crippen molar-refractivity contribution in [1.29, 1.82) is 0 Å². The van der Waals surface area contributed by atoms with Crippen molar-refractivity contribution in [2.45, 2.75) is 52.2 Å². The average molecular weight is 290 g/mol. The van der Waals surface area contributed by atoms with Gasteiger partial charge in [0.15, 0.2) is 0 Å². The number of carbonyl (C=O) groups is 2. The van der Waals surface area contributed by atoms with Gasteiger partial charge in [-0.05, 0) is 25.3 Å². The monoisotopic (exact) mass is 290 g/mol. The molecule has 0 saturated carbocycles. The fourth-order valence-corrected chi connectivity index (χ4v) is 2.54. The first-order valence-corrected chi connectivity index (χ1v) is 7.33. The SMILES string of the molecule is CC(C)CC1NC(=O)CC(C)N(Cc2ncccn2)C1=O. The van der Waals surface area contributed by atoms with Crippen molar-refractivity contribution in [2.75, 3.05) is 0 Å². The van der Waals surface area contributed by atoms with Gasteiger partial charge in [-0.2, -0.15) is 0 Å². The van der Waals surface area contributed by atoms with Crippen molar-refractivity contribution in [3.8, 4) is 0 Å². The van der Waals surface area contributed by atoms with Gasteiger partial charge >= 0.3 is 0 Å². The summed E-state index contributed by atoms with van der Waals surface area (Å²) >= 11 is 0. The molecular formula is C15H22N4O2. The van der Waals surface area contributed by atoms with Gasteiger partial charge in [-0.15, -0.1) is 0 Å². The highest BCUT2D eigenvalue weighted by atomic mass is 16.2. The molecule has 0 aliphatic carbocycles. The molecule has 2 rings (SSSR count). The molecule has 2 atom stereocenters. The van der Waals surface area contributed by atoms with Gasteiger partial charge in [0.2, 0.25) is 11.8 Å². The molecule has 0 spiro atoms. The number of hydrogen-bond acceptors (Lipinski definition) is 4. The van der Waals surface area contributed by atoms with Gasteiger partial charge in [0, 0.05) is 24.9 Å². The highest BCUT2D eigenvalue weighted by Gasteiger charge is 2.34. The van der Waals surface area contributed by atoms with Crippen LogP contribution in [0.1, 0.15) is 39.4 Å². The molecule has 0 aromatic carbocycles. The summed E-state index contributed by atoms with van der Waals surface area (Å²) in [6.07, 6.45) is 4.27. The molecule has 0 bridgehead atoms. The van der Waals surface area contributed by atoms with Gasteiger partial charge in [-0.25, -0.2) is 9.97 Å². The third-order valence-corrected chi connectivity index (χ3v) is 3.57. The minimum atomic E-state index is -0.453. The first-order valence-electron chi connectivity index (χ1n) is 7.33. The highest BCUT2D eigenvalue weighted by molar-refractivity contribution is 5.90. The van der Waals surface area contributed by atoms with Crippen LogP contribution < -0.4 is 5.32 Å². The number of hydrogen-bond donors (Lipinski definition) is 1. The van der Waals surface area contributed by atoms with Crippen molar-refractivity contribution in [1.82, 2.24) is 20.2 Å². The summed E-state index contributed by atoms with van der Waals surface area (Å²) in [5.41, 5.74) is 0. The van der Waals surface area contributed by atoms with E-state index in [9.17, 15) is 9.59 Å². The van der Waals surface area contributed by atoms with Crippen LogP contribution in [0.5, 0.6) is 0 Å². The smallest absolute Gasteiger partial charge is 0.245 e. The Balaban J connectivity index is 2.19. The Hall–Kier alpha value is -1.98. The predicted molar refractivity (Wildman–Crippen MR) is 78.0 cm³/mol. The number of aromatic nitrogens is 2.